The molecule has 0 aromatic heterocycles. The van der Waals surface area contributed by atoms with Crippen molar-refractivity contribution in [1.29, 1.82) is 0 Å². The zero-order valence-electron chi connectivity index (χ0n) is 33.3. The molecular formula is C57H43N. The van der Waals surface area contributed by atoms with Gasteiger partial charge in [0.15, 0.2) is 0 Å². The highest BCUT2D eigenvalue weighted by atomic mass is 15.1. The lowest BCUT2D eigenvalue weighted by Gasteiger charge is -2.29. The van der Waals surface area contributed by atoms with E-state index in [4.69, 9.17) is 0 Å². The third-order valence-electron chi connectivity index (χ3n) is 12.7. The molecule has 0 aliphatic heterocycles. The van der Waals surface area contributed by atoms with E-state index in [-0.39, 0.29) is 5.41 Å². The first kappa shape index (κ1) is 34.3. The van der Waals surface area contributed by atoms with E-state index in [1.54, 1.807) is 0 Å². The van der Waals surface area contributed by atoms with Gasteiger partial charge in [-0.15, -0.1) is 0 Å². The second-order valence-corrected chi connectivity index (χ2v) is 16.6. The molecule has 1 aliphatic rings. The van der Waals surface area contributed by atoms with Gasteiger partial charge in [0, 0.05) is 22.2 Å². The Hall–Kier alpha value is -6.96. The number of hydrogen-bond acceptors (Lipinski definition) is 1. The standard InChI is InChI=1S/C57H43N/c1-36-16-13-20-40(32-36)58(41-21-14-17-37(2)33-41)53-31-30-47(42-22-7-8-24-44(42)53)54-45-25-9-10-26-46(45)55(51-35-39-19-6-5-18-38(39)34-50(51)54)49-28-15-27-48-43-23-11-12-29-52(43)57(3,4)56(48)49/h5-35H,1-4H3. The van der Waals surface area contributed by atoms with Crippen LogP contribution in [0.1, 0.15) is 36.1 Å². The molecule has 0 atom stereocenters. The highest BCUT2D eigenvalue weighted by molar-refractivity contribution is 6.26. The lowest BCUT2D eigenvalue weighted by Crippen LogP contribution is -2.16. The minimum atomic E-state index is -0.155. The molecule has 0 spiro atoms. The lowest BCUT2D eigenvalue weighted by molar-refractivity contribution is 0.662. The predicted molar refractivity (Wildman–Crippen MR) is 249 cm³/mol. The van der Waals surface area contributed by atoms with Gasteiger partial charge < -0.3 is 4.90 Å². The molecule has 1 heteroatoms. The Morgan fingerprint density at radius 1 is 0.362 bits per heavy atom. The van der Waals surface area contributed by atoms with Crippen LogP contribution in [0.25, 0.3) is 76.5 Å². The molecule has 10 aromatic rings. The molecule has 11 rings (SSSR count). The number of benzene rings is 10. The predicted octanol–water partition coefficient (Wildman–Crippen LogP) is 16.0. The summed E-state index contributed by atoms with van der Waals surface area (Å²) in [7, 11) is 0. The molecule has 0 saturated carbocycles. The minimum Gasteiger partial charge on any atom is -0.310 e. The molecule has 0 saturated heterocycles. The summed E-state index contributed by atoms with van der Waals surface area (Å²) < 4.78 is 0. The largest absolute Gasteiger partial charge is 0.310 e. The zero-order valence-corrected chi connectivity index (χ0v) is 33.3. The number of hydrogen-bond donors (Lipinski definition) is 0. The molecule has 10 aromatic carbocycles. The molecule has 1 aliphatic carbocycles. The van der Waals surface area contributed by atoms with Crippen LogP contribution in [0, 0.1) is 13.8 Å². The van der Waals surface area contributed by atoms with Gasteiger partial charge in [0.1, 0.15) is 0 Å². The van der Waals surface area contributed by atoms with Crippen LogP contribution < -0.4 is 4.90 Å². The van der Waals surface area contributed by atoms with Gasteiger partial charge in [0.2, 0.25) is 0 Å². The summed E-state index contributed by atoms with van der Waals surface area (Å²) in [4.78, 5) is 2.43. The van der Waals surface area contributed by atoms with Crippen molar-refractivity contribution in [2.75, 3.05) is 4.90 Å². The van der Waals surface area contributed by atoms with Crippen LogP contribution in [-0.2, 0) is 5.41 Å². The van der Waals surface area contributed by atoms with Crippen molar-refractivity contribution < 1.29 is 0 Å². The van der Waals surface area contributed by atoms with Crippen molar-refractivity contribution in [3.63, 3.8) is 0 Å². The molecule has 0 radical (unpaired) electrons. The van der Waals surface area contributed by atoms with Crippen molar-refractivity contribution in [1.82, 2.24) is 0 Å². The highest BCUT2D eigenvalue weighted by Crippen LogP contribution is 2.55. The molecule has 1 nitrogen and oxygen atoms in total. The second kappa shape index (κ2) is 13.0. The van der Waals surface area contributed by atoms with E-state index in [0.29, 0.717) is 0 Å². The number of aryl methyl sites for hydroxylation is 2. The Bertz CT molecular complexity index is 3250. The van der Waals surface area contributed by atoms with Crippen molar-refractivity contribution in [3.8, 4) is 33.4 Å². The van der Waals surface area contributed by atoms with E-state index in [1.807, 2.05) is 0 Å². The summed E-state index contributed by atoms with van der Waals surface area (Å²) >= 11 is 0. The Labute approximate surface area is 340 Å². The first-order valence-electron chi connectivity index (χ1n) is 20.4. The Kier molecular flexibility index (Phi) is 7.72. The first-order valence-corrected chi connectivity index (χ1v) is 20.4. The summed E-state index contributed by atoms with van der Waals surface area (Å²) in [5, 5.41) is 10.0. The first-order chi connectivity index (χ1) is 28.4. The minimum absolute atomic E-state index is 0.155. The summed E-state index contributed by atoms with van der Waals surface area (Å²) in [6.07, 6.45) is 0. The Morgan fingerprint density at radius 2 is 0.862 bits per heavy atom. The highest BCUT2D eigenvalue weighted by Gasteiger charge is 2.38. The summed E-state index contributed by atoms with van der Waals surface area (Å²) in [5.41, 5.74) is 16.4. The van der Waals surface area contributed by atoms with E-state index in [0.717, 1.165) is 17.1 Å². The summed E-state index contributed by atoms with van der Waals surface area (Å²) in [6, 6.07) is 70.3. The smallest absolute Gasteiger partial charge is 0.0540 e. The van der Waals surface area contributed by atoms with Crippen molar-refractivity contribution in [2.24, 2.45) is 0 Å². The molecular weight excluding hydrogens is 699 g/mol. The van der Waals surface area contributed by atoms with Crippen LogP contribution in [0.5, 0.6) is 0 Å². The topological polar surface area (TPSA) is 3.24 Å². The van der Waals surface area contributed by atoms with Gasteiger partial charge in [-0.2, -0.15) is 0 Å². The van der Waals surface area contributed by atoms with Gasteiger partial charge in [0.25, 0.3) is 0 Å². The zero-order chi connectivity index (χ0) is 39.1. The fourth-order valence-corrected chi connectivity index (χ4v) is 10.2. The van der Waals surface area contributed by atoms with Gasteiger partial charge >= 0.3 is 0 Å². The third-order valence-corrected chi connectivity index (χ3v) is 12.7. The van der Waals surface area contributed by atoms with Gasteiger partial charge in [-0.3, -0.25) is 0 Å². The van der Waals surface area contributed by atoms with E-state index >= 15 is 0 Å². The number of anilines is 3. The summed E-state index contributed by atoms with van der Waals surface area (Å²) in [5.74, 6) is 0. The SMILES string of the molecule is Cc1cccc(N(c2cccc(C)c2)c2ccc(-c3c4ccccc4c(-c4cccc5c4C(C)(C)c4ccccc4-5)c4cc5ccccc5cc34)c3ccccc23)c1. The maximum absolute atomic E-state index is 2.46. The molecule has 0 N–H and O–H groups in total. The quantitative estimate of drug-likeness (QED) is 0.159. The van der Waals surface area contributed by atoms with E-state index < -0.39 is 0 Å². The molecule has 0 bridgehead atoms. The van der Waals surface area contributed by atoms with E-state index in [2.05, 4.69) is 221 Å². The molecule has 276 valence electrons. The normalized spacial score (nSPS) is 13.0. The van der Waals surface area contributed by atoms with Crippen LogP contribution >= 0.6 is 0 Å². The Balaban J connectivity index is 1.24. The average molecular weight is 742 g/mol. The van der Waals surface area contributed by atoms with Crippen LogP contribution in [-0.4, -0.2) is 0 Å². The average Bonchev–Trinajstić information content (AvgIpc) is 3.48. The maximum Gasteiger partial charge on any atom is 0.0540 e. The van der Waals surface area contributed by atoms with Gasteiger partial charge in [-0.1, -0.05) is 159 Å². The molecule has 0 heterocycles. The number of rotatable bonds is 5. The van der Waals surface area contributed by atoms with Gasteiger partial charge in [-0.05, 0) is 150 Å². The fourth-order valence-electron chi connectivity index (χ4n) is 10.2. The van der Waals surface area contributed by atoms with Crippen molar-refractivity contribution in [3.05, 3.63) is 210 Å². The van der Waals surface area contributed by atoms with Gasteiger partial charge in [-0.25, -0.2) is 0 Å². The number of fused-ring (bicyclic) bond motifs is 7. The second-order valence-electron chi connectivity index (χ2n) is 16.6. The third kappa shape index (κ3) is 5.16. The molecule has 58 heavy (non-hydrogen) atoms. The van der Waals surface area contributed by atoms with E-state index in [9.17, 15) is 0 Å². The van der Waals surface area contributed by atoms with Gasteiger partial charge in [0.05, 0.1) is 5.69 Å². The summed E-state index contributed by atoms with van der Waals surface area (Å²) in [6.45, 7) is 9.15. The van der Waals surface area contributed by atoms with Crippen LogP contribution in [0.4, 0.5) is 17.1 Å². The number of nitrogens with zero attached hydrogens (tertiary/aromatic N) is 1. The lowest BCUT2D eigenvalue weighted by atomic mass is 9.76. The maximum atomic E-state index is 2.46. The monoisotopic (exact) mass is 741 g/mol. The van der Waals surface area contributed by atoms with Crippen LogP contribution in [0.3, 0.4) is 0 Å². The molecule has 0 fully saturated rings. The van der Waals surface area contributed by atoms with Crippen molar-refractivity contribution in [2.45, 2.75) is 33.1 Å². The molecule has 0 amide bonds. The molecule has 0 unspecified atom stereocenters. The fraction of sp³-hybridized carbons (Fsp3) is 0.0877. The Morgan fingerprint density at radius 3 is 1.50 bits per heavy atom. The van der Waals surface area contributed by atoms with E-state index in [1.165, 1.54) is 98.7 Å². The van der Waals surface area contributed by atoms with Crippen LogP contribution in [0.2, 0.25) is 0 Å². The van der Waals surface area contributed by atoms with Crippen LogP contribution in [0.15, 0.2) is 188 Å². The van der Waals surface area contributed by atoms with Crippen molar-refractivity contribution >= 4 is 60.2 Å².